The molecule has 0 bridgehead atoms. The number of carbonyl (C=O) groups excluding carboxylic acids is 2. The number of nitrogens with one attached hydrogen (secondary N) is 1. The van der Waals surface area contributed by atoms with Crippen molar-refractivity contribution in [3.05, 3.63) is 17.0 Å². The molecule has 4 rings (SSSR count). The molecule has 1 spiro atoms. The van der Waals surface area contributed by atoms with Crippen LogP contribution in [0.2, 0.25) is 0 Å². The van der Waals surface area contributed by atoms with Crippen LogP contribution in [0.15, 0.2) is 4.52 Å². The third-order valence-corrected chi connectivity index (χ3v) is 6.98. The highest BCUT2D eigenvalue weighted by Gasteiger charge is 2.54. The van der Waals surface area contributed by atoms with E-state index in [1.165, 1.54) is 0 Å². The van der Waals surface area contributed by atoms with Crippen LogP contribution < -0.4 is 5.32 Å². The van der Waals surface area contributed by atoms with Gasteiger partial charge in [0.25, 0.3) is 5.91 Å². The van der Waals surface area contributed by atoms with Crippen LogP contribution in [0.1, 0.15) is 67.8 Å². The third-order valence-electron chi connectivity index (χ3n) is 6.98. The maximum absolute atomic E-state index is 12.7. The first-order valence-electron chi connectivity index (χ1n) is 9.73. The smallest absolute Gasteiger partial charge is 0.257 e. The Morgan fingerprint density at radius 3 is 2.58 bits per heavy atom. The molecule has 2 saturated carbocycles. The molecule has 2 heterocycles. The Bertz CT molecular complexity index is 726. The van der Waals surface area contributed by atoms with Gasteiger partial charge in [-0.05, 0) is 44.4 Å². The van der Waals surface area contributed by atoms with Crippen LogP contribution in [0, 0.1) is 30.6 Å². The Balaban J connectivity index is 1.36. The first kappa shape index (κ1) is 17.6. The van der Waals surface area contributed by atoms with Gasteiger partial charge in [-0.15, -0.1) is 0 Å². The zero-order chi connectivity index (χ0) is 18.7. The lowest BCUT2D eigenvalue weighted by Gasteiger charge is -2.51. The van der Waals surface area contributed by atoms with E-state index in [1.54, 1.807) is 13.8 Å². The standard InChI is InChI=1S/C20H29N3O3/c1-12-17(13(2)26-22-12)18(25)21-15-6-5-7-20(15)10-23(11-20)16(24)8-14-9-19(14,3)4/h14-15H,5-11H2,1-4H3,(H,21,25). The molecule has 1 aliphatic heterocycles. The van der Waals surface area contributed by atoms with Crippen LogP contribution in [0.4, 0.5) is 0 Å². The summed E-state index contributed by atoms with van der Waals surface area (Å²) in [7, 11) is 0. The molecule has 2 atom stereocenters. The number of hydrogen-bond donors (Lipinski definition) is 1. The van der Waals surface area contributed by atoms with E-state index >= 15 is 0 Å². The summed E-state index contributed by atoms with van der Waals surface area (Å²) in [4.78, 5) is 27.2. The second-order valence-corrected chi connectivity index (χ2v) is 9.32. The molecule has 26 heavy (non-hydrogen) atoms. The number of aromatic nitrogens is 1. The van der Waals surface area contributed by atoms with Crippen LogP contribution >= 0.6 is 0 Å². The SMILES string of the molecule is Cc1noc(C)c1C(=O)NC1CCCC12CN(C(=O)CC1CC1(C)C)C2. The summed E-state index contributed by atoms with van der Waals surface area (Å²) in [6, 6.07) is 0.130. The van der Waals surface area contributed by atoms with Crippen LogP contribution in [-0.2, 0) is 4.79 Å². The molecule has 6 nitrogen and oxygen atoms in total. The lowest BCUT2D eigenvalue weighted by molar-refractivity contribution is -0.144. The van der Waals surface area contributed by atoms with Crippen LogP contribution in [0.3, 0.4) is 0 Å². The molecular weight excluding hydrogens is 330 g/mol. The summed E-state index contributed by atoms with van der Waals surface area (Å²) in [6.45, 7) is 9.60. The van der Waals surface area contributed by atoms with Gasteiger partial charge in [-0.1, -0.05) is 25.4 Å². The minimum Gasteiger partial charge on any atom is -0.361 e. The van der Waals surface area contributed by atoms with Crippen LogP contribution in [0.25, 0.3) is 0 Å². The van der Waals surface area contributed by atoms with Gasteiger partial charge in [-0.3, -0.25) is 9.59 Å². The van der Waals surface area contributed by atoms with Crippen molar-refractivity contribution >= 4 is 11.8 Å². The molecule has 3 fully saturated rings. The van der Waals surface area contributed by atoms with Gasteiger partial charge in [-0.2, -0.15) is 0 Å². The average molecular weight is 359 g/mol. The molecule has 0 radical (unpaired) electrons. The predicted octanol–water partition coefficient (Wildman–Crippen LogP) is 2.84. The highest BCUT2D eigenvalue weighted by atomic mass is 16.5. The van der Waals surface area contributed by atoms with Crippen LogP contribution in [-0.4, -0.2) is 41.0 Å². The van der Waals surface area contributed by atoms with Gasteiger partial charge in [0, 0.05) is 31.0 Å². The summed E-state index contributed by atoms with van der Waals surface area (Å²) < 4.78 is 5.12. The Morgan fingerprint density at radius 2 is 2.00 bits per heavy atom. The molecular formula is C20H29N3O3. The summed E-state index contributed by atoms with van der Waals surface area (Å²) >= 11 is 0. The molecule has 6 heteroatoms. The number of rotatable bonds is 4. The van der Waals surface area contributed by atoms with Gasteiger partial charge in [0.2, 0.25) is 5.91 Å². The van der Waals surface area contributed by atoms with Crippen molar-refractivity contribution in [2.75, 3.05) is 13.1 Å². The topological polar surface area (TPSA) is 75.4 Å². The average Bonchev–Trinajstić information content (AvgIpc) is 2.86. The first-order valence-corrected chi connectivity index (χ1v) is 9.73. The second-order valence-electron chi connectivity index (χ2n) is 9.32. The van der Waals surface area contributed by atoms with E-state index in [2.05, 4.69) is 24.3 Å². The summed E-state index contributed by atoms with van der Waals surface area (Å²) in [5.41, 5.74) is 1.58. The van der Waals surface area contributed by atoms with Gasteiger partial charge in [0.1, 0.15) is 11.3 Å². The number of likely N-dealkylation sites (tertiary alicyclic amines) is 1. The van der Waals surface area contributed by atoms with Crippen molar-refractivity contribution in [2.45, 2.75) is 65.8 Å². The third kappa shape index (κ3) is 2.83. The van der Waals surface area contributed by atoms with E-state index < -0.39 is 0 Å². The fourth-order valence-corrected chi connectivity index (χ4v) is 4.93. The monoisotopic (exact) mass is 359 g/mol. The van der Waals surface area contributed by atoms with E-state index in [0.717, 1.165) is 38.8 Å². The number of hydrogen-bond acceptors (Lipinski definition) is 4. The largest absolute Gasteiger partial charge is 0.361 e. The van der Waals surface area contributed by atoms with E-state index in [-0.39, 0.29) is 23.3 Å². The van der Waals surface area contributed by atoms with Crippen LogP contribution in [0.5, 0.6) is 0 Å². The number of nitrogens with zero attached hydrogens (tertiary/aromatic N) is 2. The second kappa shape index (κ2) is 5.83. The highest BCUT2D eigenvalue weighted by Crippen LogP contribution is 2.54. The summed E-state index contributed by atoms with van der Waals surface area (Å²) in [6.07, 6.45) is 5.00. The van der Waals surface area contributed by atoms with Gasteiger partial charge < -0.3 is 14.7 Å². The quantitative estimate of drug-likeness (QED) is 0.897. The maximum atomic E-state index is 12.7. The van der Waals surface area contributed by atoms with E-state index in [9.17, 15) is 9.59 Å². The molecule has 1 aromatic rings. The van der Waals surface area contributed by atoms with Crippen molar-refractivity contribution < 1.29 is 14.1 Å². The zero-order valence-corrected chi connectivity index (χ0v) is 16.2. The minimum absolute atomic E-state index is 0.0589. The summed E-state index contributed by atoms with van der Waals surface area (Å²) in [5.74, 6) is 1.29. The predicted molar refractivity (Wildman–Crippen MR) is 96.6 cm³/mol. The van der Waals surface area contributed by atoms with Gasteiger partial charge in [0.15, 0.2) is 0 Å². The molecule has 2 unspecified atom stereocenters. The molecule has 1 aromatic heterocycles. The molecule has 1 saturated heterocycles. The minimum atomic E-state index is -0.1000. The van der Waals surface area contributed by atoms with Gasteiger partial charge >= 0.3 is 0 Å². The number of carbonyl (C=O) groups is 2. The Labute approximate surface area is 154 Å². The Hall–Kier alpha value is -1.85. The van der Waals surface area contributed by atoms with E-state index in [0.29, 0.717) is 34.8 Å². The lowest BCUT2D eigenvalue weighted by Crippen LogP contribution is -2.64. The zero-order valence-electron chi connectivity index (χ0n) is 16.2. The normalized spacial score (nSPS) is 28.1. The number of aryl methyl sites for hydroxylation is 2. The van der Waals surface area contributed by atoms with Gasteiger partial charge in [-0.25, -0.2) is 0 Å². The van der Waals surface area contributed by atoms with E-state index in [4.69, 9.17) is 4.52 Å². The van der Waals surface area contributed by atoms with Crippen molar-refractivity contribution in [2.24, 2.45) is 16.7 Å². The molecule has 2 amide bonds. The van der Waals surface area contributed by atoms with Crippen molar-refractivity contribution in [3.8, 4) is 0 Å². The van der Waals surface area contributed by atoms with Crippen molar-refractivity contribution in [3.63, 3.8) is 0 Å². The molecule has 0 aromatic carbocycles. The number of amides is 2. The molecule has 2 aliphatic carbocycles. The molecule has 1 N–H and O–H groups in total. The highest BCUT2D eigenvalue weighted by molar-refractivity contribution is 5.96. The fourth-order valence-electron chi connectivity index (χ4n) is 4.93. The van der Waals surface area contributed by atoms with Crippen molar-refractivity contribution in [1.82, 2.24) is 15.4 Å². The summed E-state index contributed by atoms with van der Waals surface area (Å²) in [5, 5.41) is 7.08. The Kier molecular flexibility index (Phi) is 3.93. The fraction of sp³-hybridized carbons (Fsp3) is 0.750. The molecule has 142 valence electrons. The maximum Gasteiger partial charge on any atom is 0.257 e. The van der Waals surface area contributed by atoms with Crippen molar-refractivity contribution in [1.29, 1.82) is 0 Å². The van der Waals surface area contributed by atoms with E-state index in [1.807, 2.05) is 4.90 Å². The Morgan fingerprint density at radius 1 is 1.31 bits per heavy atom. The lowest BCUT2D eigenvalue weighted by atomic mass is 9.74. The molecule has 3 aliphatic rings. The first-order chi connectivity index (χ1) is 12.2. The van der Waals surface area contributed by atoms with Gasteiger partial charge in [0.05, 0.1) is 5.69 Å².